The van der Waals surface area contributed by atoms with E-state index >= 15 is 0 Å². The Labute approximate surface area is 129 Å². The van der Waals surface area contributed by atoms with E-state index in [9.17, 15) is 4.79 Å². The molecule has 1 unspecified atom stereocenters. The zero-order chi connectivity index (χ0) is 13.7. The summed E-state index contributed by atoms with van der Waals surface area (Å²) in [5.41, 5.74) is 0.804. The minimum Gasteiger partial charge on any atom is -0.497 e. The summed E-state index contributed by atoms with van der Waals surface area (Å²) in [6, 6.07) is 7.45. The van der Waals surface area contributed by atoms with Crippen molar-refractivity contribution < 1.29 is 9.53 Å². The van der Waals surface area contributed by atoms with Crippen molar-refractivity contribution in [2.45, 2.75) is 42.4 Å². The molecule has 0 aromatic heterocycles. The molecule has 1 aromatic carbocycles. The molecule has 0 bridgehead atoms. The Bertz CT molecular complexity index is 407. The van der Waals surface area contributed by atoms with E-state index in [2.05, 4.69) is 22.6 Å². The number of benzene rings is 1. The molecule has 1 aromatic rings. The number of ether oxygens (including phenoxy) is 1. The number of ketones is 1. The van der Waals surface area contributed by atoms with Crippen molar-refractivity contribution in [3.8, 4) is 5.75 Å². The third-order valence-corrected chi connectivity index (χ3v) is 5.41. The standard InChI is InChI=1S/C16H21IO2/c1-19-14-9-7-13(8-10-14)16(18)11-15(17)12-5-3-2-4-6-12/h7-10,12,15H,2-6,11H2,1H3. The minimum absolute atomic E-state index is 0.257. The highest BCUT2D eigenvalue weighted by Gasteiger charge is 2.23. The Morgan fingerprint density at radius 1 is 1.26 bits per heavy atom. The molecule has 0 N–H and O–H groups in total. The van der Waals surface area contributed by atoms with Gasteiger partial charge in [0.1, 0.15) is 5.75 Å². The number of carbonyl (C=O) groups excluding carboxylic acids is 1. The second-order valence-corrected chi connectivity index (χ2v) is 6.87. The number of halogens is 1. The maximum atomic E-state index is 12.3. The van der Waals surface area contributed by atoms with Crippen LogP contribution >= 0.6 is 22.6 Å². The van der Waals surface area contributed by atoms with Gasteiger partial charge in [0.05, 0.1) is 7.11 Å². The zero-order valence-corrected chi connectivity index (χ0v) is 13.6. The van der Waals surface area contributed by atoms with Crippen molar-refractivity contribution in [1.82, 2.24) is 0 Å². The van der Waals surface area contributed by atoms with Gasteiger partial charge in [-0.25, -0.2) is 0 Å². The van der Waals surface area contributed by atoms with Crippen LogP contribution in [0.15, 0.2) is 24.3 Å². The lowest BCUT2D eigenvalue weighted by Crippen LogP contribution is -2.20. The third kappa shape index (κ3) is 4.20. The molecule has 0 spiro atoms. The smallest absolute Gasteiger partial charge is 0.163 e. The maximum Gasteiger partial charge on any atom is 0.163 e. The molecule has 3 heteroatoms. The first-order chi connectivity index (χ1) is 9.20. The van der Waals surface area contributed by atoms with Gasteiger partial charge < -0.3 is 4.74 Å². The lowest BCUT2D eigenvalue weighted by molar-refractivity contribution is 0.0975. The van der Waals surface area contributed by atoms with Gasteiger partial charge in [0.25, 0.3) is 0 Å². The van der Waals surface area contributed by atoms with Gasteiger partial charge in [0.15, 0.2) is 5.78 Å². The van der Waals surface area contributed by atoms with Crippen LogP contribution in [0.5, 0.6) is 5.75 Å². The first kappa shape index (κ1) is 14.8. The van der Waals surface area contributed by atoms with E-state index in [0.717, 1.165) is 17.2 Å². The summed E-state index contributed by atoms with van der Waals surface area (Å²) in [5, 5.41) is 0. The van der Waals surface area contributed by atoms with Gasteiger partial charge in [-0.2, -0.15) is 0 Å². The van der Waals surface area contributed by atoms with Crippen LogP contribution in [-0.2, 0) is 0 Å². The second kappa shape index (κ2) is 7.27. The summed E-state index contributed by atoms with van der Waals surface area (Å²) in [6.07, 6.45) is 7.29. The van der Waals surface area contributed by atoms with Gasteiger partial charge in [-0.15, -0.1) is 0 Å². The highest BCUT2D eigenvalue weighted by Crippen LogP contribution is 2.32. The fraction of sp³-hybridized carbons (Fsp3) is 0.562. The van der Waals surface area contributed by atoms with Gasteiger partial charge in [0, 0.05) is 15.9 Å². The van der Waals surface area contributed by atoms with E-state index in [1.165, 1.54) is 32.1 Å². The number of rotatable bonds is 5. The predicted molar refractivity (Wildman–Crippen MR) is 86.3 cm³/mol. The molecule has 0 heterocycles. The van der Waals surface area contributed by atoms with Crippen LogP contribution in [0, 0.1) is 5.92 Å². The molecule has 1 aliphatic rings. The molecule has 1 aliphatic carbocycles. The average molecular weight is 372 g/mol. The van der Waals surface area contributed by atoms with Crippen LogP contribution in [0.2, 0.25) is 0 Å². The molecule has 1 saturated carbocycles. The fourth-order valence-corrected chi connectivity index (χ4v) is 3.85. The summed E-state index contributed by atoms with van der Waals surface area (Å²) in [7, 11) is 1.64. The molecule has 2 nitrogen and oxygen atoms in total. The van der Waals surface area contributed by atoms with Crippen LogP contribution in [0.3, 0.4) is 0 Å². The number of alkyl halides is 1. The van der Waals surface area contributed by atoms with Crippen LogP contribution in [0.1, 0.15) is 48.9 Å². The highest BCUT2D eigenvalue weighted by molar-refractivity contribution is 14.1. The molecule has 2 rings (SSSR count). The zero-order valence-electron chi connectivity index (χ0n) is 11.4. The number of methoxy groups -OCH3 is 1. The largest absolute Gasteiger partial charge is 0.497 e. The maximum absolute atomic E-state index is 12.3. The van der Waals surface area contributed by atoms with E-state index in [0.29, 0.717) is 10.3 Å². The number of Topliss-reactive ketones (excluding diaryl/α,β-unsaturated/α-hetero) is 1. The van der Waals surface area contributed by atoms with Crippen LogP contribution in [-0.4, -0.2) is 16.8 Å². The number of carbonyl (C=O) groups is 1. The fourth-order valence-electron chi connectivity index (χ4n) is 2.73. The Hall–Kier alpha value is -0.580. The lowest BCUT2D eigenvalue weighted by atomic mass is 9.85. The molecule has 19 heavy (non-hydrogen) atoms. The topological polar surface area (TPSA) is 26.3 Å². The van der Waals surface area contributed by atoms with E-state index in [4.69, 9.17) is 4.74 Å². The Kier molecular flexibility index (Phi) is 5.67. The van der Waals surface area contributed by atoms with E-state index in [1.54, 1.807) is 7.11 Å². The summed E-state index contributed by atoms with van der Waals surface area (Å²) >= 11 is 2.47. The molecular formula is C16H21IO2. The molecule has 0 amide bonds. The van der Waals surface area contributed by atoms with Gasteiger partial charge in [-0.1, -0.05) is 41.9 Å². The normalized spacial score (nSPS) is 18.0. The van der Waals surface area contributed by atoms with Crippen molar-refractivity contribution in [3.63, 3.8) is 0 Å². The molecule has 1 fully saturated rings. The summed E-state index contributed by atoms with van der Waals surface area (Å²) < 4.78 is 5.59. The first-order valence-electron chi connectivity index (χ1n) is 7.02. The quantitative estimate of drug-likeness (QED) is 0.427. The monoisotopic (exact) mass is 372 g/mol. The molecular weight excluding hydrogens is 351 g/mol. The van der Waals surface area contributed by atoms with Gasteiger partial charge in [0.2, 0.25) is 0 Å². The molecule has 0 saturated heterocycles. The average Bonchev–Trinajstić information content (AvgIpc) is 2.48. The number of hydrogen-bond donors (Lipinski definition) is 0. The van der Waals surface area contributed by atoms with Crippen molar-refractivity contribution in [2.75, 3.05) is 7.11 Å². The van der Waals surface area contributed by atoms with Gasteiger partial charge in [-0.3, -0.25) is 4.79 Å². The minimum atomic E-state index is 0.257. The summed E-state index contributed by atoms with van der Waals surface area (Å²) in [5.74, 6) is 1.79. The summed E-state index contributed by atoms with van der Waals surface area (Å²) in [6.45, 7) is 0. The van der Waals surface area contributed by atoms with Crippen LogP contribution in [0.4, 0.5) is 0 Å². The Balaban J connectivity index is 1.91. The van der Waals surface area contributed by atoms with Gasteiger partial charge >= 0.3 is 0 Å². The Morgan fingerprint density at radius 2 is 1.89 bits per heavy atom. The van der Waals surface area contributed by atoms with Crippen molar-refractivity contribution in [3.05, 3.63) is 29.8 Å². The Morgan fingerprint density at radius 3 is 2.47 bits per heavy atom. The lowest BCUT2D eigenvalue weighted by Gasteiger charge is -2.26. The molecule has 1 atom stereocenters. The molecule has 0 aliphatic heterocycles. The van der Waals surface area contributed by atoms with Gasteiger partial charge in [-0.05, 0) is 43.0 Å². The second-order valence-electron chi connectivity index (χ2n) is 5.27. The summed E-state index contributed by atoms with van der Waals surface area (Å²) in [4.78, 5) is 12.3. The number of hydrogen-bond acceptors (Lipinski definition) is 2. The molecule has 104 valence electrons. The SMILES string of the molecule is COc1ccc(C(=O)CC(I)C2CCCCC2)cc1. The molecule has 0 radical (unpaired) electrons. The highest BCUT2D eigenvalue weighted by atomic mass is 127. The van der Waals surface area contributed by atoms with Crippen LogP contribution in [0.25, 0.3) is 0 Å². The van der Waals surface area contributed by atoms with E-state index < -0.39 is 0 Å². The first-order valence-corrected chi connectivity index (χ1v) is 8.26. The third-order valence-electron chi connectivity index (χ3n) is 3.95. The van der Waals surface area contributed by atoms with Crippen LogP contribution < -0.4 is 4.74 Å². The van der Waals surface area contributed by atoms with Crippen molar-refractivity contribution in [2.24, 2.45) is 5.92 Å². The van der Waals surface area contributed by atoms with E-state index in [-0.39, 0.29) is 5.78 Å². The van der Waals surface area contributed by atoms with Crippen molar-refractivity contribution in [1.29, 1.82) is 0 Å². The predicted octanol–water partition coefficient (Wildman–Crippen LogP) is 4.65. The van der Waals surface area contributed by atoms with Crippen molar-refractivity contribution >= 4 is 28.4 Å². The van der Waals surface area contributed by atoms with E-state index in [1.807, 2.05) is 24.3 Å².